The summed E-state index contributed by atoms with van der Waals surface area (Å²) in [6.07, 6.45) is 4.23. The lowest BCUT2D eigenvalue weighted by Crippen LogP contribution is -2.25. The van der Waals surface area contributed by atoms with E-state index in [0.717, 1.165) is 40.6 Å². The SMILES string of the molecule is Cn1nc(NC(=O)c2ccc3cncc(Br)c3n2)c2c1CNCC2. The molecule has 0 aromatic carbocycles. The van der Waals surface area contributed by atoms with E-state index in [0.29, 0.717) is 17.0 Å². The van der Waals surface area contributed by atoms with Gasteiger partial charge in [-0.05, 0) is 41.0 Å². The number of fused-ring (bicyclic) bond motifs is 2. The van der Waals surface area contributed by atoms with Crippen molar-refractivity contribution in [1.29, 1.82) is 0 Å². The smallest absolute Gasteiger partial charge is 0.275 e. The first-order valence-corrected chi connectivity index (χ1v) is 8.40. The predicted octanol–water partition coefficient (Wildman–Crippen LogP) is 2.02. The fraction of sp³-hybridized carbons (Fsp3) is 0.250. The van der Waals surface area contributed by atoms with Crippen LogP contribution in [-0.2, 0) is 20.0 Å². The fourth-order valence-electron chi connectivity index (χ4n) is 2.91. The highest BCUT2D eigenvalue weighted by atomic mass is 79.9. The minimum Gasteiger partial charge on any atom is -0.311 e. The Morgan fingerprint density at radius 2 is 2.25 bits per heavy atom. The normalized spacial score (nSPS) is 13.8. The van der Waals surface area contributed by atoms with Gasteiger partial charge in [0.15, 0.2) is 5.82 Å². The van der Waals surface area contributed by atoms with Crippen LogP contribution in [0.15, 0.2) is 29.0 Å². The zero-order valence-electron chi connectivity index (χ0n) is 13.0. The number of halogens is 1. The van der Waals surface area contributed by atoms with Crippen LogP contribution in [0.2, 0.25) is 0 Å². The number of nitrogens with one attached hydrogen (secondary N) is 2. The summed E-state index contributed by atoms with van der Waals surface area (Å²) in [5, 5.41) is 11.5. The van der Waals surface area contributed by atoms with Crippen molar-refractivity contribution in [2.24, 2.45) is 7.05 Å². The highest BCUT2D eigenvalue weighted by molar-refractivity contribution is 9.10. The van der Waals surface area contributed by atoms with Gasteiger partial charge in [-0.2, -0.15) is 5.10 Å². The molecule has 8 heteroatoms. The number of hydrogen-bond donors (Lipinski definition) is 2. The van der Waals surface area contributed by atoms with E-state index in [1.165, 1.54) is 0 Å². The molecule has 0 saturated heterocycles. The molecule has 0 saturated carbocycles. The minimum absolute atomic E-state index is 0.264. The van der Waals surface area contributed by atoms with E-state index >= 15 is 0 Å². The van der Waals surface area contributed by atoms with E-state index in [2.05, 4.69) is 41.6 Å². The zero-order valence-corrected chi connectivity index (χ0v) is 14.6. The summed E-state index contributed by atoms with van der Waals surface area (Å²) in [5.74, 6) is 0.356. The number of amides is 1. The van der Waals surface area contributed by atoms with Crippen molar-refractivity contribution in [2.75, 3.05) is 11.9 Å². The lowest BCUT2D eigenvalue weighted by molar-refractivity contribution is 0.102. The van der Waals surface area contributed by atoms with Gasteiger partial charge < -0.3 is 10.6 Å². The number of anilines is 1. The van der Waals surface area contributed by atoms with Crippen molar-refractivity contribution in [3.63, 3.8) is 0 Å². The second-order valence-corrected chi connectivity index (χ2v) is 6.52. The molecule has 122 valence electrons. The van der Waals surface area contributed by atoms with E-state index in [4.69, 9.17) is 0 Å². The second-order valence-electron chi connectivity index (χ2n) is 5.67. The predicted molar refractivity (Wildman–Crippen MR) is 93.8 cm³/mol. The van der Waals surface area contributed by atoms with Gasteiger partial charge in [-0.25, -0.2) is 4.98 Å². The molecule has 0 radical (unpaired) electrons. The topological polar surface area (TPSA) is 84.7 Å². The molecule has 0 spiro atoms. The van der Waals surface area contributed by atoms with E-state index in [1.807, 2.05) is 17.8 Å². The van der Waals surface area contributed by atoms with Crippen LogP contribution in [-0.4, -0.2) is 32.2 Å². The molecule has 4 rings (SSSR count). The second kappa shape index (κ2) is 5.95. The molecule has 3 aromatic rings. The van der Waals surface area contributed by atoms with Gasteiger partial charge in [-0.15, -0.1) is 0 Å². The van der Waals surface area contributed by atoms with Crippen molar-refractivity contribution >= 4 is 38.6 Å². The molecule has 0 bridgehead atoms. The molecule has 1 amide bonds. The summed E-state index contributed by atoms with van der Waals surface area (Å²) in [7, 11) is 1.89. The third-order valence-corrected chi connectivity index (χ3v) is 4.72. The van der Waals surface area contributed by atoms with Gasteiger partial charge in [0, 0.05) is 36.9 Å². The van der Waals surface area contributed by atoms with Crippen LogP contribution in [0.1, 0.15) is 21.7 Å². The third-order valence-electron chi connectivity index (χ3n) is 4.14. The van der Waals surface area contributed by atoms with Crippen LogP contribution in [0.5, 0.6) is 0 Å². The Labute approximate surface area is 146 Å². The molecule has 1 aliphatic heterocycles. The quantitative estimate of drug-likeness (QED) is 0.703. The van der Waals surface area contributed by atoms with Crippen molar-refractivity contribution in [2.45, 2.75) is 13.0 Å². The van der Waals surface area contributed by atoms with Crippen LogP contribution in [0, 0.1) is 0 Å². The molecule has 4 heterocycles. The van der Waals surface area contributed by atoms with Gasteiger partial charge in [0.2, 0.25) is 0 Å². The fourth-order valence-corrected chi connectivity index (χ4v) is 3.35. The van der Waals surface area contributed by atoms with Gasteiger partial charge in [0.05, 0.1) is 15.7 Å². The van der Waals surface area contributed by atoms with Gasteiger partial charge >= 0.3 is 0 Å². The molecule has 7 nitrogen and oxygen atoms in total. The minimum atomic E-state index is -0.264. The summed E-state index contributed by atoms with van der Waals surface area (Å²) < 4.78 is 2.57. The molecule has 2 N–H and O–H groups in total. The average Bonchev–Trinajstić information content (AvgIpc) is 2.91. The maximum Gasteiger partial charge on any atom is 0.275 e. The molecular weight excluding hydrogens is 372 g/mol. The maximum absolute atomic E-state index is 12.6. The number of carbonyl (C=O) groups excluding carboxylic acids is 1. The lowest BCUT2D eigenvalue weighted by Gasteiger charge is -2.14. The van der Waals surface area contributed by atoms with Gasteiger partial charge in [0.1, 0.15) is 5.69 Å². The summed E-state index contributed by atoms with van der Waals surface area (Å²) >= 11 is 3.42. The van der Waals surface area contributed by atoms with E-state index in [9.17, 15) is 4.79 Å². The van der Waals surface area contributed by atoms with Gasteiger partial charge in [-0.3, -0.25) is 14.5 Å². The van der Waals surface area contributed by atoms with Crippen LogP contribution < -0.4 is 10.6 Å². The highest BCUT2D eigenvalue weighted by Crippen LogP contribution is 2.24. The Morgan fingerprint density at radius 1 is 1.38 bits per heavy atom. The number of aryl methyl sites for hydroxylation is 1. The van der Waals surface area contributed by atoms with Crippen molar-refractivity contribution in [3.8, 4) is 0 Å². The Balaban J connectivity index is 1.66. The number of hydrogen-bond acceptors (Lipinski definition) is 5. The first kappa shape index (κ1) is 15.2. The van der Waals surface area contributed by atoms with Gasteiger partial charge in [0.25, 0.3) is 5.91 Å². The summed E-state index contributed by atoms with van der Waals surface area (Å²) in [4.78, 5) is 21.1. The average molecular weight is 387 g/mol. The Bertz CT molecular complexity index is 951. The highest BCUT2D eigenvalue weighted by Gasteiger charge is 2.21. The van der Waals surface area contributed by atoms with Crippen molar-refractivity contribution in [1.82, 2.24) is 25.1 Å². The number of carbonyl (C=O) groups is 1. The molecule has 0 fully saturated rings. The molecule has 0 unspecified atom stereocenters. The Kier molecular flexibility index (Phi) is 3.78. The summed E-state index contributed by atoms with van der Waals surface area (Å²) in [6, 6.07) is 3.54. The zero-order chi connectivity index (χ0) is 16.7. The number of nitrogens with zero attached hydrogens (tertiary/aromatic N) is 4. The lowest BCUT2D eigenvalue weighted by atomic mass is 10.1. The summed E-state index contributed by atoms with van der Waals surface area (Å²) in [6.45, 7) is 1.65. The van der Waals surface area contributed by atoms with Gasteiger partial charge in [-0.1, -0.05) is 0 Å². The Hall–Kier alpha value is -2.32. The maximum atomic E-state index is 12.6. The standard InChI is InChI=1S/C16H15BrN6O/c1-23-13-8-18-5-4-10(13)15(22-23)21-16(24)12-3-2-9-6-19-7-11(17)14(9)20-12/h2-3,6-7,18H,4-5,8H2,1H3,(H,21,22,24). The molecular formula is C16H15BrN6O. The summed E-state index contributed by atoms with van der Waals surface area (Å²) in [5.41, 5.74) is 3.26. The number of rotatable bonds is 2. The molecule has 1 aliphatic rings. The molecule has 24 heavy (non-hydrogen) atoms. The van der Waals surface area contributed by atoms with Crippen molar-refractivity contribution < 1.29 is 4.79 Å². The molecule has 0 atom stereocenters. The van der Waals surface area contributed by atoms with Crippen LogP contribution >= 0.6 is 15.9 Å². The van der Waals surface area contributed by atoms with Crippen LogP contribution in [0.3, 0.4) is 0 Å². The van der Waals surface area contributed by atoms with E-state index in [-0.39, 0.29) is 5.91 Å². The van der Waals surface area contributed by atoms with Crippen molar-refractivity contribution in [3.05, 3.63) is 46.0 Å². The monoisotopic (exact) mass is 386 g/mol. The molecule has 3 aromatic heterocycles. The van der Waals surface area contributed by atoms with Crippen LogP contribution in [0.4, 0.5) is 5.82 Å². The first-order valence-electron chi connectivity index (χ1n) is 7.60. The van der Waals surface area contributed by atoms with E-state index in [1.54, 1.807) is 18.5 Å². The number of pyridine rings is 2. The molecule has 0 aliphatic carbocycles. The Morgan fingerprint density at radius 3 is 3.12 bits per heavy atom. The third kappa shape index (κ3) is 2.57. The number of aromatic nitrogens is 4. The largest absolute Gasteiger partial charge is 0.311 e. The van der Waals surface area contributed by atoms with E-state index < -0.39 is 0 Å². The first-order chi connectivity index (χ1) is 11.6. The van der Waals surface area contributed by atoms with Crippen LogP contribution in [0.25, 0.3) is 10.9 Å².